The molecule has 168 valence electrons. The summed E-state index contributed by atoms with van der Waals surface area (Å²) >= 11 is 1.58. The molecule has 2 heterocycles. The summed E-state index contributed by atoms with van der Waals surface area (Å²) in [6, 6.07) is 9.84. The van der Waals surface area contributed by atoms with Crippen LogP contribution in [0.3, 0.4) is 0 Å². The van der Waals surface area contributed by atoms with Crippen LogP contribution in [0, 0.1) is 0 Å². The van der Waals surface area contributed by atoms with E-state index >= 15 is 0 Å². The fourth-order valence-corrected chi connectivity index (χ4v) is 5.39. The molecule has 2 fully saturated rings. The highest BCUT2D eigenvalue weighted by Gasteiger charge is 2.52. The molecule has 2 saturated heterocycles. The number of nitrogens with one attached hydrogen (secondary N) is 2. The smallest absolute Gasteiger partial charge is 0.324 e. The normalized spacial score (nSPS) is 22.6. The number of alkyl halides is 3. The number of fused-ring (bicyclic) bond motifs is 1. The van der Waals surface area contributed by atoms with Crippen molar-refractivity contribution in [1.29, 1.82) is 0 Å². The first-order valence-corrected chi connectivity index (χ1v) is 10.9. The Kier molecular flexibility index (Phi) is 5.66. The quantitative estimate of drug-likeness (QED) is 0.707. The summed E-state index contributed by atoms with van der Waals surface area (Å²) in [5.41, 5.74) is -0.330. The predicted molar refractivity (Wildman–Crippen MR) is 115 cm³/mol. The molecule has 0 aromatic heterocycles. The number of amides is 3. The molecule has 2 aliphatic heterocycles. The minimum Gasteiger partial charge on any atom is -0.324 e. The van der Waals surface area contributed by atoms with Crippen molar-refractivity contribution in [1.82, 2.24) is 4.90 Å². The molecule has 2 N–H and O–H groups in total. The summed E-state index contributed by atoms with van der Waals surface area (Å²) < 4.78 is 38.6. The highest BCUT2D eigenvalue weighted by atomic mass is 32.2. The molecule has 0 saturated carbocycles. The third-order valence-corrected chi connectivity index (χ3v) is 7.09. The van der Waals surface area contributed by atoms with E-state index in [0.717, 1.165) is 12.1 Å². The minimum absolute atomic E-state index is 0.00840. The highest BCUT2D eigenvalue weighted by Crippen LogP contribution is 2.47. The first-order chi connectivity index (χ1) is 15.1. The maximum Gasteiger partial charge on any atom is 0.416 e. The van der Waals surface area contributed by atoms with Crippen molar-refractivity contribution in [3.05, 3.63) is 59.7 Å². The number of carbonyl (C=O) groups excluding carboxylic acids is 3. The molecule has 2 aromatic carbocycles. The van der Waals surface area contributed by atoms with Crippen LogP contribution in [0.25, 0.3) is 0 Å². The Morgan fingerprint density at radius 2 is 1.78 bits per heavy atom. The molecule has 10 heteroatoms. The van der Waals surface area contributed by atoms with Crippen molar-refractivity contribution in [3.8, 4) is 0 Å². The zero-order valence-electron chi connectivity index (χ0n) is 17.0. The van der Waals surface area contributed by atoms with Gasteiger partial charge in [0.1, 0.15) is 6.04 Å². The van der Waals surface area contributed by atoms with E-state index in [0.29, 0.717) is 24.3 Å². The Hall–Kier alpha value is -3.01. The van der Waals surface area contributed by atoms with E-state index in [1.165, 1.54) is 24.3 Å². The van der Waals surface area contributed by atoms with Gasteiger partial charge in [0.05, 0.1) is 10.4 Å². The maximum absolute atomic E-state index is 12.9. The van der Waals surface area contributed by atoms with Crippen molar-refractivity contribution < 1.29 is 27.6 Å². The van der Waals surface area contributed by atoms with Gasteiger partial charge in [-0.1, -0.05) is 12.1 Å². The molecule has 2 aromatic rings. The van der Waals surface area contributed by atoms with Crippen molar-refractivity contribution >= 4 is 40.9 Å². The largest absolute Gasteiger partial charge is 0.416 e. The third-order valence-electron chi connectivity index (χ3n) is 5.59. The van der Waals surface area contributed by atoms with Gasteiger partial charge in [-0.05, 0) is 49.7 Å². The first-order valence-electron chi connectivity index (χ1n) is 9.92. The maximum atomic E-state index is 12.9. The summed E-state index contributed by atoms with van der Waals surface area (Å²) in [7, 11) is 0. The van der Waals surface area contributed by atoms with E-state index in [-0.39, 0.29) is 27.9 Å². The van der Waals surface area contributed by atoms with Gasteiger partial charge in [-0.2, -0.15) is 13.2 Å². The van der Waals surface area contributed by atoms with Crippen molar-refractivity contribution in [2.45, 2.75) is 36.9 Å². The van der Waals surface area contributed by atoms with Gasteiger partial charge in [-0.3, -0.25) is 14.4 Å². The fourth-order valence-electron chi connectivity index (χ4n) is 3.95. The molecule has 3 amide bonds. The Balaban J connectivity index is 1.45. The Labute approximate surface area is 186 Å². The molecule has 0 unspecified atom stereocenters. The van der Waals surface area contributed by atoms with Gasteiger partial charge in [-0.15, -0.1) is 11.8 Å². The fraction of sp³-hybridized carbons (Fsp3) is 0.318. The van der Waals surface area contributed by atoms with Crippen LogP contribution in [0.5, 0.6) is 0 Å². The Bertz CT molecular complexity index is 1090. The summed E-state index contributed by atoms with van der Waals surface area (Å²) in [5, 5.41) is 5.19. The number of benzene rings is 2. The van der Waals surface area contributed by atoms with E-state index in [1.807, 2.05) is 6.92 Å². The second kappa shape index (κ2) is 8.16. The molecule has 4 rings (SSSR count). The number of hydrogen-bond donors (Lipinski definition) is 2. The van der Waals surface area contributed by atoms with Crippen molar-refractivity contribution in [2.24, 2.45) is 0 Å². The van der Waals surface area contributed by atoms with Crippen LogP contribution < -0.4 is 10.6 Å². The van der Waals surface area contributed by atoms with E-state index < -0.39 is 23.7 Å². The topological polar surface area (TPSA) is 78.5 Å². The van der Waals surface area contributed by atoms with Gasteiger partial charge in [0, 0.05) is 29.1 Å². The third kappa shape index (κ3) is 4.32. The monoisotopic (exact) mass is 463 g/mol. The van der Waals surface area contributed by atoms with Gasteiger partial charge >= 0.3 is 6.18 Å². The van der Waals surface area contributed by atoms with Gasteiger partial charge < -0.3 is 15.5 Å². The molecular weight excluding hydrogens is 443 g/mol. The average Bonchev–Trinajstić information content (AvgIpc) is 3.23. The molecular formula is C22H20F3N3O3S. The van der Waals surface area contributed by atoms with Crippen LogP contribution in [0.15, 0.2) is 48.5 Å². The lowest BCUT2D eigenvalue weighted by atomic mass is 10.1. The summed E-state index contributed by atoms with van der Waals surface area (Å²) in [5.74, 6) is -0.512. The van der Waals surface area contributed by atoms with E-state index in [2.05, 4.69) is 10.6 Å². The molecule has 0 bridgehead atoms. The molecule has 0 aliphatic carbocycles. The lowest BCUT2D eigenvalue weighted by Gasteiger charge is -2.29. The molecule has 32 heavy (non-hydrogen) atoms. The zero-order valence-corrected chi connectivity index (χ0v) is 17.8. The van der Waals surface area contributed by atoms with Crippen LogP contribution in [-0.2, 0) is 15.8 Å². The van der Waals surface area contributed by atoms with Gasteiger partial charge in [0.15, 0.2) is 0 Å². The summed E-state index contributed by atoms with van der Waals surface area (Å²) in [4.78, 5) is 38.9. The molecule has 0 spiro atoms. The van der Waals surface area contributed by atoms with Crippen LogP contribution in [0.4, 0.5) is 24.5 Å². The lowest BCUT2D eigenvalue weighted by molar-refractivity contribution is -0.137. The molecule has 6 nitrogen and oxygen atoms in total. The first kappa shape index (κ1) is 22.2. The van der Waals surface area contributed by atoms with Crippen LogP contribution in [-0.4, -0.2) is 39.3 Å². The highest BCUT2D eigenvalue weighted by molar-refractivity contribution is 8.01. The Morgan fingerprint density at radius 3 is 2.50 bits per heavy atom. The number of hydrogen-bond acceptors (Lipinski definition) is 4. The van der Waals surface area contributed by atoms with Crippen molar-refractivity contribution in [3.63, 3.8) is 0 Å². The van der Waals surface area contributed by atoms with Gasteiger partial charge in [0.2, 0.25) is 11.8 Å². The Morgan fingerprint density at radius 1 is 1.09 bits per heavy atom. The average molecular weight is 463 g/mol. The molecule has 2 atom stereocenters. The van der Waals surface area contributed by atoms with E-state index in [9.17, 15) is 27.6 Å². The minimum atomic E-state index is -4.52. The number of halogens is 3. The van der Waals surface area contributed by atoms with Crippen LogP contribution >= 0.6 is 11.8 Å². The molecule has 0 radical (unpaired) electrons. The van der Waals surface area contributed by atoms with Crippen LogP contribution in [0.1, 0.15) is 35.7 Å². The lowest BCUT2D eigenvalue weighted by Crippen LogP contribution is -2.48. The second-order valence-corrected chi connectivity index (χ2v) is 9.37. The standard InChI is InChI=1S/C22H20F3N3O3S/c1-21-9-8-18(29)28(21)17(12-32-21)20(31)27-15-6-2-4-13(10-15)19(30)26-16-7-3-5-14(11-16)22(23,24)25/h2-7,10-11,17H,8-9,12H2,1H3,(H,26,30)(H,27,31)/t17-,21+/m0/s1. The number of carbonyl (C=O) groups is 3. The van der Waals surface area contributed by atoms with Crippen LogP contribution in [0.2, 0.25) is 0 Å². The SMILES string of the molecule is C[C@@]12CCC(=O)N1[C@H](C(=O)Nc1cccc(C(=O)Nc3cccc(C(F)(F)F)c3)c1)CS2. The summed E-state index contributed by atoms with van der Waals surface area (Å²) in [6.45, 7) is 1.95. The number of rotatable bonds is 4. The van der Waals surface area contributed by atoms with E-state index in [4.69, 9.17) is 0 Å². The number of anilines is 2. The second-order valence-electron chi connectivity index (χ2n) is 7.87. The number of thioether (sulfide) groups is 1. The zero-order chi connectivity index (χ0) is 23.1. The van der Waals surface area contributed by atoms with Gasteiger partial charge in [-0.25, -0.2) is 0 Å². The summed E-state index contributed by atoms with van der Waals surface area (Å²) in [6.07, 6.45) is -3.40. The van der Waals surface area contributed by atoms with Gasteiger partial charge in [0.25, 0.3) is 5.91 Å². The number of nitrogens with zero attached hydrogens (tertiary/aromatic N) is 1. The molecule has 2 aliphatic rings. The van der Waals surface area contributed by atoms with E-state index in [1.54, 1.807) is 28.8 Å². The van der Waals surface area contributed by atoms with Crippen molar-refractivity contribution in [2.75, 3.05) is 16.4 Å². The predicted octanol–water partition coefficient (Wildman–Crippen LogP) is 4.35.